The minimum absolute atomic E-state index is 0.131. The number of aromatic hydroxyl groups is 2. The largest absolute Gasteiger partial charge is 0.504 e. The van der Waals surface area contributed by atoms with Gasteiger partial charge in [-0.3, -0.25) is 0 Å². The number of anilines is 1. The first-order valence-electron chi connectivity index (χ1n) is 6.77. The highest BCUT2D eigenvalue weighted by Crippen LogP contribution is 2.30. The van der Waals surface area contributed by atoms with Crippen molar-refractivity contribution in [1.29, 1.82) is 0 Å². The van der Waals surface area contributed by atoms with Gasteiger partial charge in [0.2, 0.25) is 0 Å². The molecule has 21 heavy (non-hydrogen) atoms. The number of halogens is 1. The predicted molar refractivity (Wildman–Crippen MR) is 84.3 cm³/mol. The second-order valence-corrected chi connectivity index (χ2v) is 5.10. The fourth-order valence-electron chi connectivity index (χ4n) is 1.85. The van der Waals surface area contributed by atoms with Crippen LogP contribution in [0.4, 0.5) is 5.69 Å². The van der Waals surface area contributed by atoms with Gasteiger partial charge in [-0.25, -0.2) is 0 Å². The molecule has 2 rings (SSSR count). The van der Waals surface area contributed by atoms with Crippen molar-refractivity contribution < 1.29 is 14.9 Å². The van der Waals surface area contributed by atoms with Crippen LogP contribution >= 0.6 is 11.6 Å². The number of rotatable bonds is 6. The molecule has 0 radical (unpaired) electrons. The van der Waals surface area contributed by atoms with Gasteiger partial charge in [0, 0.05) is 11.6 Å². The fourth-order valence-corrected chi connectivity index (χ4v) is 2.03. The Balaban J connectivity index is 2.10. The molecule has 0 heterocycles. The molecule has 3 N–H and O–H groups in total. The molecule has 4 nitrogen and oxygen atoms in total. The van der Waals surface area contributed by atoms with Gasteiger partial charge in [-0.15, -0.1) is 0 Å². The van der Waals surface area contributed by atoms with Crippen molar-refractivity contribution >= 4 is 17.3 Å². The third kappa shape index (κ3) is 4.20. The Kier molecular flexibility index (Phi) is 5.17. The highest BCUT2D eigenvalue weighted by Gasteiger charge is 2.06. The molecule has 0 aliphatic heterocycles. The van der Waals surface area contributed by atoms with Crippen molar-refractivity contribution in [2.45, 2.75) is 19.9 Å². The molecule has 0 aliphatic rings. The molecule has 0 aromatic heterocycles. The second-order valence-electron chi connectivity index (χ2n) is 4.67. The van der Waals surface area contributed by atoms with Gasteiger partial charge in [0.15, 0.2) is 11.5 Å². The van der Waals surface area contributed by atoms with Crippen molar-refractivity contribution in [2.75, 3.05) is 11.9 Å². The van der Waals surface area contributed by atoms with Gasteiger partial charge < -0.3 is 20.3 Å². The highest BCUT2D eigenvalue weighted by molar-refractivity contribution is 6.30. The van der Waals surface area contributed by atoms with E-state index in [1.54, 1.807) is 18.2 Å². The van der Waals surface area contributed by atoms with Crippen molar-refractivity contribution in [3.8, 4) is 17.2 Å². The van der Waals surface area contributed by atoms with Crippen molar-refractivity contribution in [3.05, 3.63) is 47.0 Å². The summed E-state index contributed by atoms with van der Waals surface area (Å²) in [5, 5.41) is 22.6. The quantitative estimate of drug-likeness (QED) is 0.702. The maximum atomic E-state index is 9.49. The van der Waals surface area contributed by atoms with Gasteiger partial charge in [0.25, 0.3) is 0 Å². The van der Waals surface area contributed by atoms with Crippen LogP contribution in [0, 0.1) is 0 Å². The van der Waals surface area contributed by atoms with Gasteiger partial charge in [0.1, 0.15) is 5.75 Å². The van der Waals surface area contributed by atoms with Crippen LogP contribution in [0.3, 0.4) is 0 Å². The van der Waals surface area contributed by atoms with E-state index in [-0.39, 0.29) is 11.5 Å². The van der Waals surface area contributed by atoms with E-state index in [1.807, 2.05) is 13.0 Å². The number of benzene rings is 2. The van der Waals surface area contributed by atoms with Crippen molar-refractivity contribution in [3.63, 3.8) is 0 Å². The summed E-state index contributed by atoms with van der Waals surface area (Å²) in [4.78, 5) is 0. The van der Waals surface area contributed by atoms with E-state index in [0.29, 0.717) is 18.2 Å². The first kappa shape index (κ1) is 15.3. The predicted octanol–water partition coefficient (Wildman–Crippen LogP) is 4.15. The van der Waals surface area contributed by atoms with E-state index >= 15 is 0 Å². The maximum Gasteiger partial charge on any atom is 0.157 e. The molecule has 2 aromatic rings. The summed E-state index contributed by atoms with van der Waals surface area (Å²) in [6.07, 6.45) is 0.925. The van der Waals surface area contributed by atoms with Crippen LogP contribution in [0.15, 0.2) is 36.4 Å². The monoisotopic (exact) mass is 307 g/mol. The van der Waals surface area contributed by atoms with Crippen LogP contribution in [0.1, 0.15) is 18.9 Å². The van der Waals surface area contributed by atoms with Crippen LogP contribution in [0.2, 0.25) is 5.02 Å². The Labute approximate surface area is 129 Å². The van der Waals surface area contributed by atoms with E-state index in [4.69, 9.17) is 16.3 Å². The Morgan fingerprint density at radius 2 is 1.90 bits per heavy atom. The van der Waals surface area contributed by atoms with Gasteiger partial charge in [0.05, 0.1) is 12.3 Å². The molecule has 112 valence electrons. The average Bonchev–Trinajstić information content (AvgIpc) is 2.47. The SMILES string of the molecule is CCCOc1ccc(Cl)cc1NCc1ccc(O)c(O)c1. The summed E-state index contributed by atoms with van der Waals surface area (Å²) in [5.41, 5.74) is 1.63. The lowest BCUT2D eigenvalue weighted by atomic mass is 10.2. The molecule has 0 atom stereocenters. The molecule has 0 aliphatic carbocycles. The molecule has 0 saturated carbocycles. The number of hydrogen-bond acceptors (Lipinski definition) is 4. The summed E-state index contributed by atoms with van der Waals surface area (Å²) >= 11 is 6.01. The maximum absolute atomic E-state index is 9.49. The molecule has 0 fully saturated rings. The minimum Gasteiger partial charge on any atom is -0.504 e. The summed E-state index contributed by atoms with van der Waals surface area (Å²) in [6.45, 7) is 3.16. The Hall–Kier alpha value is -2.07. The van der Waals surface area contributed by atoms with E-state index in [1.165, 1.54) is 12.1 Å². The van der Waals surface area contributed by atoms with E-state index in [2.05, 4.69) is 5.32 Å². The van der Waals surface area contributed by atoms with Gasteiger partial charge in [-0.1, -0.05) is 24.6 Å². The first-order valence-corrected chi connectivity index (χ1v) is 7.15. The molecule has 0 amide bonds. The summed E-state index contributed by atoms with van der Waals surface area (Å²) in [7, 11) is 0. The number of phenols is 2. The molecule has 0 bridgehead atoms. The summed E-state index contributed by atoms with van der Waals surface area (Å²) in [6, 6.07) is 10.1. The lowest BCUT2D eigenvalue weighted by molar-refractivity contribution is 0.319. The number of ether oxygens (including phenoxy) is 1. The van der Waals surface area contributed by atoms with Gasteiger partial charge in [-0.2, -0.15) is 0 Å². The summed E-state index contributed by atoms with van der Waals surface area (Å²) < 4.78 is 5.66. The lowest BCUT2D eigenvalue weighted by Gasteiger charge is -2.13. The fraction of sp³-hybridized carbons (Fsp3) is 0.250. The van der Waals surface area contributed by atoms with Gasteiger partial charge >= 0.3 is 0 Å². The Bertz CT molecular complexity index is 616. The van der Waals surface area contributed by atoms with Gasteiger partial charge in [-0.05, 0) is 42.3 Å². The van der Waals surface area contributed by atoms with Crippen LogP contribution < -0.4 is 10.1 Å². The number of hydrogen-bond donors (Lipinski definition) is 3. The van der Waals surface area contributed by atoms with E-state index < -0.39 is 0 Å². The van der Waals surface area contributed by atoms with E-state index in [9.17, 15) is 10.2 Å². The molecule has 0 saturated heterocycles. The standard InChI is InChI=1S/C16H18ClNO3/c1-2-7-21-16-6-4-12(17)9-13(16)18-10-11-3-5-14(19)15(20)8-11/h3-6,8-9,18-20H,2,7,10H2,1H3. The molecule has 0 unspecified atom stereocenters. The zero-order chi connectivity index (χ0) is 15.2. The molecule has 0 spiro atoms. The van der Waals surface area contributed by atoms with E-state index in [0.717, 1.165) is 23.4 Å². The van der Waals surface area contributed by atoms with Crippen LogP contribution in [-0.2, 0) is 6.54 Å². The molecule has 5 heteroatoms. The zero-order valence-electron chi connectivity index (χ0n) is 11.8. The second kappa shape index (κ2) is 7.09. The zero-order valence-corrected chi connectivity index (χ0v) is 12.5. The van der Waals surface area contributed by atoms with Crippen molar-refractivity contribution in [1.82, 2.24) is 0 Å². The van der Waals surface area contributed by atoms with Crippen LogP contribution in [0.5, 0.6) is 17.2 Å². The topological polar surface area (TPSA) is 61.7 Å². The lowest BCUT2D eigenvalue weighted by Crippen LogP contribution is -2.03. The Morgan fingerprint density at radius 1 is 1.10 bits per heavy atom. The number of nitrogens with one attached hydrogen (secondary N) is 1. The smallest absolute Gasteiger partial charge is 0.157 e. The number of phenolic OH excluding ortho intramolecular Hbond substituents is 2. The molecule has 2 aromatic carbocycles. The average molecular weight is 308 g/mol. The highest BCUT2D eigenvalue weighted by atomic mass is 35.5. The molecular formula is C16H18ClNO3. The minimum atomic E-state index is -0.136. The summed E-state index contributed by atoms with van der Waals surface area (Å²) in [5.74, 6) is 0.473. The third-order valence-corrected chi connectivity index (χ3v) is 3.16. The normalized spacial score (nSPS) is 10.4. The third-order valence-electron chi connectivity index (χ3n) is 2.93. The Morgan fingerprint density at radius 3 is 2.62 bits per heavy atom. The molecular weight excluding hydrogens is 290 g/mol. The first-order chi connectivity index (χ1) is 10.1. The van der Waals surface area contributed by atoms with Crippen molar-refractivity contribution in [2.24, 2.45) is 0 Å². The van der Waals surface area contributed by atoms with Crippen LogP contribution in [-0.4, -0.2) is 16.8 Å². The van der Waals surface area contributed by atoms with Crippen LogP contribution in [0.25, 0.3) is 0 Å².